The van der Waals surface area contributed by atoms with Gasteiger partial charge in [0.2, 0.25) is 5.91 Å². The van der Waals surface area contributed by atoms with Gasteiger partial charge in [-0.05, 0) is 24.1 Å². The summed E-state index contributed by atoms with van der Waals surface area (Å²) >= 11 is 0. The van der Waals surface area contributed by atoms with Crippen LogP contribution in [0.2, 0.25) is 0 Å². The third-order valence-electron chi connectivity index (χ3n) is 4.16. The third-order valence-corrected chi connectivity index (χ3v) is 4.16. The maximum atomic E-state index is 11.6. The van der Waals surface area contributed by atoms with E-state index in [2.05, 4.69) is 4.90 Å². The quantitative estimate of drug-likeness (QED) is 0.899. The van der Waals surface area contributed by atoms with Gasteiger partial charge in [-0.1, -0.05) is 12.1 Å². The average Bonchev–Trinajstić information content (AvgIpc) is 2.80. The Labute approximate surface area is 117 Å². The van der Waals surface area contributed by atoms with E-state index in [0.29, 0.717) is 18.0 Å². The minimum absolute atomic E-state index is 0.280. The minimum Gasteiger partial charge on any atom is -0.478 e. The second-order valence-corrected chi connectivity index (χ2v) is 5.52. The van der Waals surface area contributed by atoms with Gasteiger partial charge in [-0.25, -0.2) is 4.79 Å². The lowest BCUT2D eigenvalue weighted by Gasteiger charge is -2.37. The molecule has 20 heavy (non-hydrogen) atoms. The topological polar surface area (TPSA) is 60.9 Å². The van der Waals surface area contributed by atoms with Crippen LogP contribution in [0.4, 0.5) is 0 Å². The third kappa shape index (κ3) is 2.54. The van der Waals surface area contributed by atoms with Crippen molar-refractivity contribution in [3.8, 4) is 0 Å². The van der Waals surface area contributed by atoms with Crippen LogP contribution in [-0.4, -0.2) is 52.5 Å². The number of carboxylic acids is 1. The molecule has 3 rings (SSSR count). The van der Waals surface area contributed by atoms with E-state index in [1.807, 2.05) is 11.0 Å². The van der Waals surface area contributed by atoms with E-state index in [0.717, 1.165) is 38.2 Å². The molecule has 1 N–H and O–H groups in total. The van der Waals surface area contributed by atoms with E-state index in [1.54, 1.807) is 18.2 Å². The number of amides is 1. The number of rotatable bonds is 3. The molecule has 1 unspecified atom stereocenters. The van der Waals surface area contributed by atoms with Gasteiger partial charge in [0.15, 0.2) is 0 Å². The predicted molar refractivity (Wildman–Crippen MR) is 73.4 cm³/mol. The molecule has 5 nitrogen and oxygen atoms in total. The zero-order valence-corrected chi connectivity index (χ0v) is 11.3. The van der Waals surface area contributed by atoms with Gasteiger partial charge >= 0.3 is 5.97 Å². The van der Waals surface area contributed by atoms with Crippen molar-refractivity contribution >= 4 is 11.9 Å². The molecular formula is C15H18N2O3. The summed E-state index contributed by atoms with van der Waals surface area (Å²) in [7, 11) is 0. The van der Waals surface area contributed by atoms with Crippen molar-refractivity contribution < 1.29 is 14.7 Å². The molecule has 5 heteroatoms. The van der Waals surface area contributed by atoms with Crippen molar-refractivity contribution in [2.45, 2.75) is 25.4 Å². The highest BCUT2D eigenvalue weighted by atomic mass is 16.4. The second-order valence-electron chi connectivity index (χ2n) is 5.52. The number of hydrogen-bond acceptors (Lipinski definition) is 3. The molecule has 2 saturated heterocycles. The lowest BCUT2D eigenvalue weighted by molar-refractivity contribution is -0.130. The van der Waals surface area contributed by atoms with Gasteiger partial charge in [0.25, 0.3) is 0 Å². The van der Waals surface area contributed by atoms with E-state index in [-0.39, 0.29) is 5.91 Å². The number of nitrogens with zero attached hydrogens (tertiary/aromatic N) is 2. The zero-order chi connectivity index (χ0) is 14.1. The van der Waals surface area contributed by atoms with Crippen molar-refractivity contribution in [3.63, 3.8) is 0 Å². The lowest BCUT2D eigenvalue weighted by atomic mass is 10.1. The molecule has 1 atom stereocenters. The highest BCUT2D eigenvalue weighted by Crippen LogP contribution is 2.23. The van der Waals surface area contributed by atoms with Crippen LogP contribution in [0.1, 0.15) is 28.8 Å². The molecule has 0 radical (unpaired) electrons. The summed E-state index contributed by atoms with van der Waals surface area (Å²) in [6, 6.07) is 7.43. The van der Waals surface area contributed by atoms with Crippen LogP contribution in [0.5, 0.6) is 0 Å². The van der Waals surface area contributed by atoms with Crippen molar-refractivity contribution in [2.75, 3.05) is 19.6 Å². The van der Waals surface area contributed by atoms with Crippen LogP contribution in [0.3, 0.4) is 0 Å². The van der Waals surface area contributed by atoms with Crippen LogP contribution in [0.25, 0.3) is 0 Å². The van der Waals surface area contributed by atoms with E-state index >= 15 is 0 Å². The maximum absolute atomic E-state index is 11.6. The van der Waals surface area contributed by atoms with Gasteiger partial charge in [-0.2, -0.15) is 0 Å². The monoisotopic (exact) mass is 274 g/mol. The smallest absolute Gasteiger partial charge is 0.335 e. The zero-order valence-electron chi connectivity index (χ0n) is 11.3. The number of hydrogen-bond donors (Lipinski definition) is 1. The molecule has 0 bridgehead atoms. The molecular weight excluding hydrogens is 256 g/mol. The molecule has 2 aliphatic heterocycles. The maximum Gasteiger partial charge on any atom is 0.335 e. The molecule has 0 spiro atoms. The van der Waals surface area contributed by atoms with Crippen LogP contribution in [-0.2, 0) is 11.3 Å². The van der Waals surface area contributed by atoms with E-state index in [9.17, 15) is 9.59 Å². The van der Waals surface area contributed by atoms with Gasteiger partial charge in [0.1, 0.15) is 0 Å². The van der Waals surface area contributed by atoms with Crippen LogP contribution >= 0.6 is 0 Å². The molecule has 1 aromatic carbocycles. The number of carbonyl (C=O) groups excluding carboxylic acids is 1. The largest absolute Gasteiger partial charge is 0.478 e. The Balaban J connectivity index is 1.65. The molecule has 2 fully saturated rings. The molecule has 106 valence electrons. The predicted octanol–water partition coefficient (Wildman–Crippen LogP) is 1.19. The highest BCUT2D eigenvalue weighted by Gasteiger charge is 2.35. The SMILES string of the molecule is O=C(O)c1cccc(CN2CCN3C(=O)CCC3C2)c1. The Hall–Kier alpha value is -1.88. The van der Waals surface area contributed by atoms with Gasteiger partial charge in [0.05, 0.1) is 5.56 Å². The Morgan fingerprint density at radius 1 is 1.35 bits per heavy atom. The van der Waals surface area contributed by atoms with Crippen molar-refractivity contribution in [1.29, 1.82) is 0 Å². The van der Waals surface area contributed by atoms with E-state index in [4.69, 9.17) is 5.11 Å². The summed E-state index contributed by atoms with van der Waals surface area (Å²) in [4.78, 5) is 26.9. The first-order valence-electron chi connectivity index (χ1n) is 6.97. The molecule has 0 aromatic heterocycles. The Morgan fingerprint density at radius 3 is 3.00 bits per heavy atom. The van der Waals surface area contributed by atoms with Crippen LogP contribution < -0.4 is 0 Å². The number of fused-ring (bicyclic) bond motifs is 1. The number of piperazine rings is 1. The number of carbonyl (C=O) groups is 2. The fraction of sp³-hybridized carbons (Fsp3) is 0.467. The molecule has 1 aromatic rings. The van der Waals surface area contributed by atoms with Gasteiger partial charge < -0.3 is 10.0 Å². The average molecular weight is 274 g/mol. The lowest BCUT2D eigenvalue weighted by Crippen LogP contribution is -2.50. The Kier molecular flexibility index (Phi) is 3.44. The molecule has 0 saturated carbocycles. The van der Waals surface area contributed by atoms with Crippen LogP contribution in [0.15, 0.2) is 24.3 Å². The van der Waals surface area contributed by atoms with Crippen molar-refractivity contribution in [3.05, 3.63) is 35.4 Å². The van der Waals surface area contributed by atoms with Crippen molar-refractivity contribution in [2.24, 2.45) is 0 Å². The summed E-state index contributed by atoms with van der Waals surface area (Å²) in [5, 5.41) is 9.01. The summed E-state index contributed by atoms with van der Waals surface area (Å²) in [5.41, 5.74) is 1.35. The summed E-state index contributed by atoms with van der Waals surface area (Å²) in [6.07, 6.45) is 1.62. The highest BCUT2D eigenvalue weighted by molar-refractivity contribution is 5.87. The first-order valence-corrected chi connectivity index (χ1v) is 6.97. The standard InChI is InChI=1S/C15H18N2O3/c18-14-5-4-13-10-16(6-7-17(13)14)9-11-2-1-3-12(8-11)15(19)20/h1-3,8,13H,4-7,9-10H2,(H,19,20). The molecule has 2 heterocycles. The summed E-state index contributed by atoms with van der Waals surface area (Å²) in [5.74, 6) is -0.611. The Bertz CT molecular complexity index is 544. The molecule has 0 aliphatic carbocycles. The Morgan fingerprint density at radius 2 is 2.20 bits per heavy atom. The molecule has 2 aliphatic rings. The normalized spacial score (nSPS) is 22.9. The van der Waals surface area contributed by atoms with E-state index < -0.39 is 5.97 Å². The van der Waals surface area contributed by atoms with Crippen molar-refractivity contribution in [1.82, 2.24) is 9.80 Å². The summed E-state index contributed by atoms with van der Waals surface area (Å²) in [6.45, 7) is 3.30. The first-order chi connectivity index (χ1) is 9.63. The van der Waals surface area contributed by atoms with E-state index in [1.165, 1.54) is 0 Å². The van der Waals surface area contributed by atoms with Gasteiger partial charge in [-0.3, -0.25) is 9.69 Å². The first kappa shape index (κ1) is 13.1. The second kappa shape index (κ2) is 5.25. The summed E-state index contributed by atoms with van der Waals surface area (Å²) < 4.78 is 0. The number of carboxylic acid groups (broad SMARTS) is 1. The number of benzene rings is 1. The molecule has 1 amide bonds. The fourth-order valence-corrected chi connectivity index (χ4v) is 3.13. The van der Waals surface area contributed by atoms with Gasteiger partial charge in [-0.15, -0.1) is 0 Å². The minimum atomic E-state index is -0.891. The number of aromatic carboxylic acids is 1. The fourth-order valence-electron chi connectivity index (χ4n) is 3.13. The van der Waals surface area contributed by atoms with Crippen LogP contribution in [0, 0.1) is 0 Å². The van der Waals surface area contributed by atoms with Gasteiger partial charge in [0, 0.05) is 38.6 Å².